The van der Waals surface area contributed by atoms with E-state index in [4.69, 9.17) is 11.6 Å². The van der Waals surface area contributed by atoms with E-state index in [0.717, 1.165) is 27.8 Å². The van der Waals surface area contributed by atoms with Crippen LogP contribution in [0.2, 0.25) is 5.02 Å². The first-order chi connectivity index (χ1) is 8.90. The van der Waals surface area contributed by atoms with Crippen molar-refractivity contribution >= 4 is 17.4 Å². The highest BCUT2D eigenvalue weighted by Crippen LogP contribution is 2.22. The van der Waals surface area contributed by atoms with Crippen molar-refractivity contribution in [3.63, 3.8) is 0 Å². The Morgan fingerprint density at radius 3 is 2.00 bits per heavy atom. The number of ketones is 1. The molecule has 0 saturated heterocycles. The van der Waals surface area contributed by atoms with E-state index in [1.165, 1.54) is 5.56 Å². The second-order valence-corrected chi connectivity index (χ2v) is 5.48. The largest absolute Gasteiger partial charge is 0.289 e. The van der Waals surface area contributed by atoms with E-state index >= 15 is 0 Å². The molecule has 0 atom stereocenters. The van der Waals surface area contributed by atoms with Crippen LogP contribution in [0.5, 0.6) is 0 Å². The van der Waals surface area contributed by atoms with Crippen LogP contribution in [-0.2, 0) is 0 Å². The summed E-state index contributed by atoms with van der Waals surface area (Å²) in [4.78, 5) is 12.6. The number of halogens is 1. The van der Waals surface area contributed by atoms with E-state index in [1.807, 2.05) is 32.9 Å². The fourth-order valence-electron chi connectivity index (χ4n) is 2.23. The summed E-state index contributed by atoms with van der Waals surface area (Å²) in [7, 11) is 0. The third-order valence-corrected chi connectivity index (χ3v) is 3.75. The van der Waals surface area contributed by atoms with Gasteiger partial charge in [0.15, 0.2) is 5.78 Å². The minimum Gasteiger partial charge on any atom is -0.289 e. The highest BCUT2D eigenvalue weighted by molar-refractivity contribution is 6.30. The van der Waals surface area contributed by atoms with Gasteiger partial charge < -0.3 is 0 Å². The first-order valence-corrected chi connectivity index (χ1v) is 6.66. The standard InChI is InChI=1S/C17H17ClO/c1-10-7-12(3)16(9-11(10)2)17(19)15-6-5-14(18)8-13(15)4/h5-9H,1-4H3. The zero-order valence-electron chi connectivity index (χ0n) is 11.7. The molecule has 2 aromatic carbocycles. The van der Waals surface area contributed by atoms with Crippen LogP contribution in [0.15, 0.2) is 30.3 Å². The molecule has 2 rings (SSSR count). The summed E-state index contributed by atoms with van der Waals surface area (Å²) in [6.45, 7) is 7.98. The van der Waals surface area contributed by atoms with Gasteiger partial charge in [0.1, 0.15) is 0 Å². The average molecular weight is 273 g/mol. The van der Waals surface area contributed by atoms with Crippen molar-refractivity contribution in [2.75, 3.05) is 0 Å². The van der Waals surface area contributed by atoms with Gasteiger partial charge in [0.2, 0.25) is 0 Å². The molecule has 0 fully saturated rings. The van der Waals surface area contributed by atoms with E-state index in [-0.39, 0.29) is 5.78 Å². The lowest BCUT2D eigenvalue weighted by molar-refractivity contribution is 0.103. The number of benzene rings is 2. The van der Waals surface area contributed by atoms with Gasteiger partial charge in [-0.15, -0.1) is 0 Å². The molecule has 2 aromatic rings. The molecular weight excluding hydrogens is 256 g/mol. The number of carbonyl (C=O) groups is 1. The van der Waals surface area contributed by atoms with E-state index in [2.05, 4.69) is 13.0 Å². The Bertz CT molecular complexity index is 657. The molecular formula is C17H17ClO. The summed E-state index contributed by atoms with van der Waals surface area (Å²) in [6, 6.07) is 9.42. The molecule has 0 spiro atoms. The average Bonchev–Trinajstić information content (AvgIpc) is 2.33. The van der Waals surface area contributed by atoms with Crippen LogP contribution in [0.4, 0.5) is 0 Å². The summed E-state index contributed by atoms with van der Waals surface area (Å²) < 4.78 is 0. The lowest BCUT2D eigenvalue weighted by Gasteiger charge is -2.11. The third-order valence-electron chi connectivity index (χ3n) is 3.52. The maximum Gasteiger partial charge on any atom is 0.193 e. The lowest BCUT2D eigenvalue weighted by atomic mass is 9.93. The van der Waals surface area contributed by atoms with Gasteiger partial charge in [-0.25, -0.2) is 0 Å². The number of aryl methyl sites for hydroxylation is 4. The molecule has 98 valence electrons. The van der Waals surface area contributed by atoms with E-state index in [0.29, 0.717) is 5.02 Å². The predicted molar refractivity (Wildman–Crippen MR) is 80.3 cm³/mol. The van der Waals surface area contributed by atoms with Gasteiger partial charge in [0.25, 0.3) is 0 Å². The maximum atomic E-state index is 12.6. The molecule has 0 aliphatic rings. The zero-order chi connectivity index (χ0) is 14.2. The lowest BCUT2D eigenvalue weighted by Crippen LogP contribution is -2.06. The maximum absolute atomic E-state index is 12.6. The topological polar surface area (TPSA) is 17.1 Å². The second-order valence-electron chi connectivity index (χ2n) is 5.04. The highest BCUT2D eigenvalue weighted by atomic mass is 35.5. The molecule has 0 N–H and O–H groups in total. The first kappa shape index (κ1) is 13.8. The summed E-state index contributed by atoms with van der Waals surface area (Å²) in [5.74, 6) is 0.0646. The van der Waals surface area contributed by atoms with Crippen LogP contribution >= 0.6 is 11.6 Å². The summed E-state index contributed by atoms with van der Waals surface area (Å²) >= 11 is 5.93. The highest BCUT2D eigenvalue weighted by Gasteiger charge is 2.15. The number of hydrogen-bond acceptors (Lipinski definition) is 1. The van der Waals surface area contributed by atoms with E-state index < -0.39 is 0 Å². The monoisotopic (exact) mass is 272 g/mol. The third kappa shape index (κ3) is 2.71. The molecule has 0 saturated carbocycles. The molecule has 0 bridgehead atoms. The molecule has 1 nitrogen and oxygen atoms in total. The van der Waals surface area contributed by atoms with Crippen molar-refractivity contribution in [3.05, 3.63) is 68.7 Å². The van der Waals surface area contributed by atoms with Gasteiger partial charge in [0.05, 0.1) is 0 Å². The van der Waals surface area contributed by atoms with Gasteiger partial charge in [0, 0.05) is 16.1 Å². The molecule has 0 aliphatic carbocycles. The number of rotatable bonds is 2. The van der Waals surface area contributed by atoms with Gasteiger partial charge >= 0.3 is 0 Å². The SMILES string of the molecule is Cc1cc(C)c(C(=O)c2ccc(Cl)cc2C)cc1C. The van der Waals surface area contributed by atoms with Gasteiger partial charge in [-0.05, 0) is 74.2 Å². The minimum absolute atomic E-state index is 0.0646. The van der Waals surface area contributed by atoms with E-state index in [9.17, 15) is 4.79 Å². The van der Waals surface area contributed by atoms with Crippen molar-refractivity contribution in [2.45, 2.75) is 27.7 Å². The normalized spacial score (nSPS) is 10.6. The van der Waals surface area contributed by atoms with Crippen molar-refractivity contribution < 1.29 is 4.79 Å². The van der Waals surface area contributed by atoms with E-state index in [1.54, 1.807) is 12.1 Å². The molecule has 0 heterocycles. The van der Waals surface area contributed by atoms with Crippen LogP contribution in [0, 0.1) is 27.7 Å². The Morgan fingerprint density at radius 2 is 1.37 bits per heavy atom. The quantitative estimate of drug-likeness (QED) is 0.718. The Labute approximate surface area is 119 Å². The predicted octanol–water partition coefficient (Wildman–Crippen LogP) is 4.80. The van der Waals surface area contributed by atoms with Crippen LogP contribution in [0.25, 0.3) is 0 Å². The van der Waals surface area contributed by atoms with Crippen LogP contribution < -0.4 is 0 Å². The smallest absolute Gasteiger partial charge is 0.193 e. The molecule has 0 aliphatic heterocycles. The molecule has 0 amide bonds. The summed E-state index contributed by atoms with van der Waals surface area (Å²) in [5.41, 5.74) is 5.77. The number of carbonyl (C=O) groups excluding carboxylic acids is 1. The second kappa shape index (κ2) is 5.18. The fraction of sp³-hybridized carbons (Fsp3) is 0.235. The summed E-state index contributed by atoms with van der Waals surface area (Å²) in [5, 5.41) is 0.658. The van der Waals surface area contributed by atoms with Gasteiger partial charge in [-0.3, -0.25) is 4.79 Å². The molecule has 0 radical (unpaired) electrons. The Morgan fingerprint density at radius 1 is 0.789 bits per heavy atom. The Kier molecular flexibility index (Phi) is 3.77. The zero-order valence-corrected chi connectivity index (χ0v) is 12.4. The van der Waals surface area contributed by atoms with Crippen molar-refractivity contribution in [3.8, 4) is 0 Å². The van der Waals surface area contributed by atoms with Crippen molar-refractivity contribution in [1.82, 2.24) is 0 Å². The molecule has 2 heteroatoms. The van der Waals surface area contributed by atoms with Crippen molar-refractivity contribution in [2.24, 2.45) is 0 Å². The van der Waals surface area contributed by atoms with Crippen LogP contribution in [0.3, 0.4) is 0 Å². The fourth-order valence-corrected chi connectivity index (χ4v) is 2.46. The van der Waals surface area contributed by atoms with Crippen LogP contribution in [0.1, 0.15) is 38.2 Å². The Balaban J connectivity index is 2.53. The molecule has 0 unspecified atom stereocenters. The molecule has 0 aromatic heterocycles. The number of hydrogen-bond donors (Lipinski definition) is 0. The van der Waals surface area contributed by atoms with Gasteiger partial charge in [-0.2, -0.15) is 0 Å². The van der Waals surface area contributed by atoms with Crippen LogP contribution in [-0.4, -0.2) is 5.78 Å². The summed E-state index contributed by atoms with van der Waals surface area (Å²) in [6.07, 6.45) is 0. The van der Waals surface area contributed by atoms with Gasteiger partial charge in [-0.1, -0.05) is 17.7 Å². The van der Waals surface area contributed by atoms with Crippen molar-refractivity contribution in [1.29, 1.82) is 0 Å². The first-order valence-electron chi connectivity index (χ1n) is 6.29. The minimum atomic E-state index is 0.0646. The Hall–Kier alpha value is -1.60. The molecule has 19 heavy (non-hydrogen) atoms.